The summed E-state index contributed by atoms with van der Waals surface area (Å²) in [6.45, 7) is 0.597. The van der Waals surface area contributed by atoms with E-state index in [1.54, 1.807) is 11.9 Å². The van der Waals surface area contributed by atoms with E-state index in [4.69, 9.17) is 18.0 Å². The molecule has 1 aromatic rings. The highest BCUT2D eigenvalue weighted by Gasteiger charge is 2.33. The van der Waals surface area contributed by atoms with Crippen LogP contribution in [0.3, 0.4) is 0 Å². The van der Waals surface area contributed by atoms with Crippen LogP contribution in [0.5, 0.6) is 0 Å². The smallest absolute Gasteiger partial charge is 0.389 e. The number of carbonyl (C=O) groups excluding carboxylic acids is 1. The van der Waals surface area contributed by atoms with Crippen molar-refractivity contribution in [1.82, 2.24) is 4.90 Å². The Morgan fingerprint density at radius 3 is 2.62 bits per heavy atom. The Labute approximate surface area is 125 Å². The van der Waals surface area contributed by atoms with Crippen molar-refractivity contribution in [3.05, 3.63) is 29.3 Å². The molecule has 0 aromatic heterocycles. The molecule has 1 heterocycles. The lowest BCUT2D eigenvalue weighted by atomic mass is 10.1. The Balaban J connectivity index is 2.31. The summed E-state index contributed by atoms with van der Waals surface area (Å²) in [4.78, 5) is 13.2. The van der Waals surface area contributed by atoms with Crippen LogP contribution >= 0.6 is 12.2 Å². The van der Waals surface area contributed by atoms with E-state index in [2.05, 4.69) is 5.32 Å². The zero-order valence-corrected chi connectivity index (χ0v) is 12.0. The molecule has 21 heavy (non-hydrogen) atoms. The topological polar surface area (TPSA) is 58.4 Å². The van der Waals surface area contributed by atoms with Crippen LogP contribution in [-0.4, -0.2) is 35.4 Å². The zero-order chi connectivity index (χ0) is 15.8. The number of anilines is 1. The van der Waals surface area contributed by atoms with E-state index in [1.807, 2.05) is 0 Å². The normalized spacial score (nSPS) is 19.0. The van der Waals surface area contributed by atoms with Crippen LogP contribution in [0.25, 0.3) is 0 Å². The number of benzene rings is 1. The van der Waals surface area contributed by atoms with Crippen LogP contribution < -0.4 is 11.1 Å². The molecule has 0 aliphatic carbocycles. The number of rotatable bonds is 3. The van der Waals surface area contributed by atoms with E-state index >= 15 is 0 Å². The van der Waals surface area contributed by atoms with E-state index in [0.717, 1.165) is 12.1 Å². The molecule has 2 rings (SSSR count). The third-order valence-corrected chi connectivity index (χ3v) is 3.59. The molecular formula is C13H14F3N3OS. The van der Waals surface area contributed by atoms with E-state index in [1.165, 1.54) is 6.07 Å². The standard InChI is InChI=1S/C13H14F3N3OS/c1-19-5-4-10(12(19)20)18-9-3-2-7(13(14,15)16)6-8(9)11(17)21/h2-3,6,10,18H,4-5H2,1H3,(H2,17,21). The van der Waals surface area contributed by atoms with Crippen LogP contribution in [0, 0.1) is 0 Å². The fourth-order valence-electron chi connectivity index (χ4n) is 2.19. The van der Waals surface area contributed by atoms with Crippen molar-refractivity contribution in [2.75, 3.05) is 18.9 Å². The SMILES string of the molecule is CN1CCC(Nc2ccc(C(F)(F)F)cc2C(N)=S)C1=O. The molecule has 1 saturated heterocycles. The summed E-state index contributed by atoms with van der Waals surface area (Å²) in [6.07, 6.45) is -3.89. The van der Waals surface area contributed by atoms with E-state index in [9.17, 15) is 18.0 Å². The molecule has 1 unspecified atom stereocenters. The molecule has 1 aliphatic heterocycles. The Kier molecular flexibility index (Phi) is 4.08. The first kappa shape index (κ1) is 15.6. The zero-order valence-electron chi connectivity index (χ0n) is 11.2. The molecule has 1 aliphatic rings. The minimum atomic E-state index is -4.47. The Hall–Kier alpha value is -1.83. The first-order valence-electron chi connectivity index (χ1n) is 6.22. The molecule has 4 nitrogen and oxygen atoms in total. The van der Waals surface area contributed by atoms with Gasteiger partial charge in [-0.3, -0.25) is 4.79 Å². The number of likely N-dealkylation sites (N-methyl/N-ethyl adjacent to an activating group) is 1. The molecule has 1 aromatic carbocycles. The molecule has 1 atom stereocenters. The predicted molar refractivity (Wildman–Crippen MR) is 77.0 cm³/mol. The largest absolute Gasteiger partial charge is 0.416 e. The van der Waals surface area contributed by atoms with Gasteiger partial charge in [0.05, 0.1) is 5.56 Å². The summed E-state index contributed by atoms with van der Waals surface area (Å²) in [6, 6.07) is 2.61. The number of nitrogens with one attached hydrogen (secondary N) is 1. The first-order chi connectivity index (χ1) is 9.70. The second-order valence-corrected chi connectivity index (χ2v) is 5.31. The molecule has 114 valence electrons. The minimum Gasteiger partial charge on any atom is -0.389 e. The van der Waals surface area contributed by atoms with Gasteiger partial charge in [0, 0.05) is 24.8 Å². The summed E-state index contributed by atoms with van der Waals surface area (Å²) in [7, 11) is 1.67. The van der Waals surface area contributed by atoms with Crippen LogP contribution in [0.4, 0.5) is 18.9 Å². The lowest BCUT2D eigenvalue weighted by Crippen LogP contribution is -2.31. The number of likely N-dealkylation sites (tertiary alicyclic amines) is 1. The predicted octanol–water partition coefficient (Wildman–Crippen LogP) is 1.98. The van der Waals surface area contributed by atoms with Gasteiger partial charge in [-0.2, -0.15) is 13.2 Å². The van der Waals surface area contributed by atoms with Gasteiger partial charge in [0.1, 0.15) is 11.0 Å². The van der Waals surface area contributed by atoms with Crippen molar-refractivity contribution in [3.63, 3.8) is 0 Å². The van der Waals surface area contributed by atoms with Gasteiger partial charge in [0.25, 0.3) is 0 Å². The maximum Gasteiger partial charge on any atom is 0.416 e. The highest BCUT2D eigenvalue weighted by Crippen LogP contribution is 2.32. The number of amides is 1. The van der Waals surface area contributed by atoms with E-state index in [-0.39, 0.29) is 16.5 Å². The second-order valence-electron chi connectivity index (χ2n) is 4.87. The second kappa shape index (κ2) is 5.51. The van der Waals surface area contributed by atoms with E-state index < -0.39 is 17.8 Å². The molecule has 0 bridgehead atoms. The van der Waals surface area contributed by atoms with Gasteiger partial charge in [0.2, 0.25) is 5.91 Å². The van der Waals surface area contributed by atoms with Crippen molar-refractivity contribution < 1.29 is 18.0 Å². The van der Waals surface area contributed by atoms with Gasteiger partial charge >= 0.3 is 6.18 Å². The van der Waals surface area contributed by atoms with Gasteiger partial charge in [-0.1, -0.05) is 12.2 Å². The number of carbonyl (C=O) groups is 1. The van der Waals surface area contributed by atoms with Crippen molar-refractivity contribution in [2.45, 2.75) is 18.6 Å². The maximum absolute atomic E-state index is 12.7. The summed E-state index contributed by atoms with van der Waals surface area (Å²) >= 11 is 4.80. The first-order valence-corrected chi connectivity index (χ1v) is 6.63. The number of nitrogens with two attached hydrogens (primary N) is 1. The van der Waals surface area contributed by atoms with Crippen LogP contribution in [0.1, 0.15) is 17.5 Å². The van der Waals surface area contributed by atoms with Crippen LogP contribution in [0.2, 0.25) is 0 Å². The number of thiocarbonyl (C=S) groups is 1. The third kappa shape index (κ3) is 3.26. The van der Waals surface area contributed by atoms with Gasteiger partial charge < -0.3 is 16.0 Å². The third-order valence-electron chi connectivity index (χ3n) is 3.37. The molecule has 0 saturated carbocycles. The minimum absolute atomic E-state index is 0.0854. The molecule has 1 fully saturated rings. The summed E-state index contributed by atoms with van der Waals surface area (Å²) < 4.78 is 38.1. The van der Waals surface area contributed by atoms with Gasteiger partial charge in [-0.05, 0) is 24.6 Å². The molecule has 0 radical (unpaired) electrons. The lowest BCUT2D eigenvalue weighted by Gasteiger charge is -2.17. The van der Waals surface area contributed by atoms with Crippen molar-refractivity contribution in [3.8, 4) is 0 Å². The van der Waals surface area contributed by atoms with Crippen LogP contribution in [0.15, 0.2) is 18.2 Å². The van der Waals surface area contributed by atoms with Crippen molar-refractivity contribution >= 4 is 28.8 Å². The molecule has 8 heteroatoms. The number of nitrogens with zero attached hydrogens (tertiary/aromatic N) is 1. The number of alkyl halides is 3. The van der Waals surface area contributed by atoms with Crippen molar-refractivity contribution in [1.29, 1.82) is 0 Å². The molecule has 3 N–H and O–H groups in total. The average Bonchev–Trinajstić information content (AvgIpc) is 2.69. The number of hydrogen-bond acceptors (Lipinski definition) is 3. The monoisotopic (exact) mass is 317 g/mol. The molecule has 0 spiro atoms. The summed E-state index contributed by atoms with van der Waals surface area (Å²) in [5.41, 5.74) is 5.09. The molecule has 1 amide bonds. The Morgan fingerprint density at radius 1 is 1.48 bits per heavy atom. The van der Waals surface area contributed by atoms with Gasteiger partial charge in [0.15, 0.2) is 0 Å². The van der Waals surface area contributed by atoms with Gasteiger partial charge in [-0.15, -0.1) is 0 Å². The fourth-order valence-corrected chi connectivity index (χ4v) is 2.36. The Bertz CT molecular complexity index is 589. The van der Waals surface area contributed by atoms with Crippen LogP contribution in [-0.2, 0) is 11.0 Å². The Morgan fingerprint density at radius 2 is 2.14 bits per heavy atom. The highest BCUT2D eigenvalue weighted by atomic mass is 32.1. The summed E-state index contributed by atoms with van der Waals surface area (Å²) in [5, 5.41) is 2.92. The lowest BCUT2D eigenvalue weighted by molar-refractivity contribution is -0.137. The highest BCUT2D eigenvalue weighted by molar-refractivity contribution is 7.80. The average molecular weight is 317 g/mol. The summed E-state index contributed by atoms with van der Waals surface area (Å²) in [5.74, 6) is -0.108. The fraction of sp³-hybridized carbons (Fsp3) is 0.385. The molecular weight excluding hydrogens is 303 g/mol. The van der Waals surface area contributed by atoms with Crippen molar-refractivity contribution in [2.24, 2.45) is 5.73 Å². The maximum atomic E-state index is 12.7. The quantitative estimate of drug-likeness (QED) is 0.837. The van der Waals surface area contributed by atoms with Gasteiger partial charge in [-0.25, -0.2) is 0 Å². The van der Waals surface area contributed by atoms with E-state index in [0.29, 0.717) is 18.7 Å². The number of hydrogen-bond donors (Lipinski definition) is 2. The number of halogens is 3.